The summed E-state index contributed by atoms with van der Waals surface area (Å²) in [5.74, 6) is 0. The lowest BCUT2D eigenvalue weighted by Gasteiger charge is -2.13. The van der Waals surface area contributed by atoms with E-state index < -0.39 is 5.60 Å². The molecule has 0 spiro atoms. The van der Waals surface area contributed by atoms with E-state index in [1.165, 1.54) is 0 Å². The molecule has 2 aromatic heterocycles. The van der Waals surface area contributed by atoms with Gasteiger partial charge in [0.15, 0.2) is 0 Å². The van der Waals surface area contributed by atoms with Gasteiger partial charge >= 0.3 is 0 Å². The Labute approximate surface area is 87.0 Å². The van der Waals surface area contributed by atoms with Crippen molar-refractivity contribution in [2.75, 3.05) is 0 Å². The molecule has 14 heavy (non-hydrogen) atoms. The molecule has 0 atom stereocenters. The second-order valence-electron chi connectivity index (χ2n) is 3.74. The van der Waals surface area contributed by atoms with Crippen molar-refractivity contribution in [1.82, 2.24) is 9.38 Å². The van der Waals surface area contributed by atoms with Crippen LogP contribution >= 0.6 is 11.6 Å². The summed E-state index contributed by atoms with van der Waals surface area (Å²) in [6, 6.07) is 5.60. The molecule has 0 aliphatic rings. The molecular formula is C10H11ClN2O. The third-order valence-corrected chi connectivity index (χ3v) is 2.41. The van der Waals surface area contributed by atoms with Crippen molar-refractivity contribution < 1.29 is 5.11 Å². The fourth-order valence-corrected chi connectivity index (χ4v) is 1.77. The Kier molecular flexibility index (Phi) is 2.01. The Morgan fingerprint density at radius 2 is 2.14 bits per heavy atom. The number of rotatable bonds is 1. The minimum absolute atomic E-state index is 0.466. The van der Waals surface area contributed by atoms with Gasteiger partial charge in [-0.3, -0.25) is 4.40 Å². The topological polar surface area (TPSA) is 37.5 Å². The molecule has 3 nitrogen and oxygen atoms in total. The van der Waals surface area contributed by atoms with Crippen molar-refractivity contribution in [1.29, 1.82) is 0 Å². The molecule has 2 rings (SSSR count). The van der Waals surface area contributed by atoms with Gasteiger partial charge in [-0.1, -0.05) is 17.7 Å². The predicted molar refractivity (Wildman–Crippen MR) is 55.4 cm³/mol. The number of hydrogen-bond acceptors (Lipinski definition) is 2. The molecule has 0 bridgehead atoms. The molecule has 0 amide bonds. The summed E-state index contributed by atoms with van der Waals surface area (Å²) >= 11 is 6.08. The summed E-state index contributed by atoms with van der Waals surface area (Å²) in [5, 5.41) is 10.3. The van der Waals surface area contributed by atoms with Crippen LogP contribution in [-0.2, 0) is 5.60 Å². The number of pyridine rings is 1. The molecule has 0 aliphatic carbocycles. The highest BCUT2D eigenvalue weighted by molar-refractivity contribution is 6.30. The van der Waals surface area contributed by atoms with Gasteiger partial charge in [0.05, 0.1) is 0 Å². The summed E-state index contributed by atoms with van der Waals surface area (Å²) in [6.07, 6.45) is 1.82. The molecule has 2 heterocycles. The van der Waals surface area contributed by atoms with E-state index in [0.717, 1.165) is 5.65 Å². The van der Waals surface area contributed by atoms with E-state index in [4.69, 9.17) is 11.6 Å². The highest BCUT2D eigenvalue weighted by Gasteiger charge is 2.24. The largest absolute Gasteiger partial charge is 0.384 e. The fraction of sp³-hybridized carbons (Fsp3) is 0.300. The van der Waals surface area contributed by atoms with Crippen LogP contribution in [0.1, 0.15) is 19.5 Å². The third kappa shape index (κ3) is 1.38. The lowest BCUT2D eigenvalue weighted by molar-refractivity contribution is 0.0745. The average molecular weight is 211 g/mol. The summed E-state index contributed by atoms with van der Waals surface area (Å²) in [4.78, 5) is 4.26. The zero-order valence-corrected chi connectivity index (χ0v) is 8.78. The van der Waals surface area contributed by atoms with E-state index in [1.54, 1.807) is 18.2 Å². The van der Waals surface area contributed by atoms with Gasteiger partial charge in [0.2, 0.25) is 0 Å². The van der Waals surface area contributed by atoms with E-state index in [-0.39, 0.29) is 0 Å². The van der Waals surface area contributed by atoms with Crippen LogP contribution in [0.3, 0.4) is 0 Å². The maximum absolute atomic E-state index is 9.81. The van der Waals surface area contributed by atoms with Crippen LogP contribution in [0.25, 0.3) is 5.65 Å². The third-order valence-electron chi connectivity index (χ3n) is 2.05. The maximum Gasteiger partial charge on any atom is 0.139 e. The van der Waals surface area contributed by atoms with Crippen LogP contribution < -0.4 is 0 Å². The van der Waals surface area contributed by atoms with Crippen LogP contribution in [-0.4, -0.2) is 14.5 Å². The molecule has 0 radical (unpaired) electrons. The van der Waals surface area contributed by atoms with Crippen molar-refractivity contribution in [2.45, 2.75) is 19.4 Å². The second-order valence-corrected chi connectivity index (χ2v) is 4.10. The molecular weight excluding hydrogens is 200 g/mol. The van der Waals surface area contributed by atoms with Gasteiger partial charge in [0.25, 0.3) is 0 Å². The van der Waals surface area contributed by atoms with Crippen molar-refractivity contribution >= 4 is 17.2 Å². The number of fused-ring (bicyclic) bond motifs is 1. The van der Waals surface area contributed by atoms with Crippen LogP contribution in [0.15, 0.2) is 24.4 Å². The first-order valence-electron chi connectivity index (χ1n) is 4.35. The van der Waals surface area contributed by atoms with E-state index >= 15 is 0 Å². The Morgan fingerprint density at radius 1 is 1.43 bits per heavy atom. The second kappa shape index (κ2) is 2.97. The maximum atomic E-state index is 9.81. The van der Waals surface area contributed by atoms with Crippen molar-refractivity contribution in [3.8, 4) is 0 Å². The van der Waals surface area contributed by atoms with E-state index in [1.807, 2.05) is 24.4 Å². The number of imidazole rings is 1. The average Bonchev–Trinajstić information content (AvgIpc) is 2.44. The number of aromatic nitrogens is 2. The van der Waals surface area contributed by atoms with Crippen LogP contribution in [0.2, 0.25) is 5.15 Å². The molecule has 0 saturated heterocycles. The Balaban J connectivity index is 2.75. The van der Waals surface area contributed by atoms with Crippen molar-refractivity contribution in [3.63, 3.8) is 0 Å². The lowest BCUT2D eigenvalue weighted by Crippen LogP contribution is -2.16. The fourth-order valence-electron chi connectivity index (χ4n) is 1.36. The molecule has 0 fully saturated rings. The zero-order chi connectivity index (χ0) is 10.3. The normalized spacial score (nSPS) is 12.3. The molecule has 0 aromatic carbocycles. The van der Waals surface area contributed by atoms with E-state index in [0.29, 0.717) is 10.8 Å². The Morgan fingerprint density at radius 3 is 2.71 bits per heavy atom. The van der Waals surface area contributed by atoms with Gasteiger partial charge in [-0.25, -0.2) is 4.98 Å². The Bertz CT molecular complexity index is 470. The first kappa shape index (κ1) is 9.49. The SMILES string of the molecule is CC(C)(O)c1nc2ccccn2c1Cl. The minimum atomic E-state index is -1.01. The van der Waals surface area contributed by atoms with Crippen LogP contribution in [0.5, 0.6) is 0 Å². The van der Waals surface area contributed by atoms with Gasteiger partial charge in [-0.15, -0.1) is 0 Å². The summed E-state index contributed by atoms with van der Waals surface area (Å²) < 4.78 is 1.74. The van der Waals surface area contributed by atoms with Gasteiger partial charge in [0, 0.05) is 6.20 Å². The highest BCUT2D eigenvalue weighted by atomic mass is 35.5. The molecule has 0 saturated carbocycles. The van der Waals surface area contributed by atoms with Gasteiger partial charge in [0.1, 0.15) is 22.1 Å². The summed E-state index contributed by atoms with van der Waals surface area (Å²) in [5.41, 5.74) is 0.239. The van der Waals surface area contributed by atoms with E-state index in [9.17, 15) is 5.11 Å². The zero-order valence-electron chi connectivity index (χ0n) is 8.03. The number of nitrogens with zero attached hydrogens (tertiary/aromatic N) is 2. The quantitative estimate of drug-likeness (QED) is 0.784. The van der Waals surface area contributed by atoms with Gasteiger partial charge in [-0.05, 0) is 26.0 Å². The number of halogens is 1. The first-order valence-corrected chi connectivity index (χ1v) is 4.73. The summed E-state index contributed by atoms with van der Waals surface area (Å²) in [7, 11) is 0. The highest BCUT2D eigenvalue weighted by Crippen LogP contribution is 2.27. The van der Waals surface area contributed by atoms with Gasteiger partial charge < -0.3 is 5.11 Å². The minimum Gasteiger partial charge on any atom is -0.384 e. The molecule has 1 N–H and O–H groups in total. The lowest BCUT2D eigenvalue weighted by atomic mass is 10.1. The van der Waals surface area contributed by atoms with Crippen LogP contribution in [0, 0.1) is 0 Å². The Hall–Kier alpha value is -1.06. The number of aliphatic hydroxyl groups is 1. The van der Waals surface area contributed by atoms with Crippen molar-refractivity contribution in [2.24, 2.45) is 0 Å². The molecule has 0 aliphatic heterocycles. The standard InChI is InChI=1S/C10H11ClN2O/c1-10(2,14)8-9(11)13-6-4-3-5-7(13)12-8/h3-6,14H,1-2H3. The van der Waals surface area contributed by atoms with Crippen LogP contribution in [0.4, 0.5) is 0 Å². The van der Waals surface area contributed by atoms with Crippen molar-refractivity contribution in [3.05, 3.63) is 35.2 Å². The first-order chi connectivity index (χ1) is 6.50. The molecule has 0 unspecified atom stereocenters. The van der Waals surface area contributed by atoms with E-state index in [2.05, 4.69) is 4.98 Å². The van der Waals surface area contributed by atoms with Gasteiger partial charge in [-0.2, -0.15) is 0 Å². The molecule has 74 valence electrons. The molecule has 4 heteroatoms. The number of hydrogen-bond donors (Lipinski definition) is 1. The predicted octanol–water partition coefficient (Wildman–Crippen LogP) is 2.22. The summed E-state index contributed by atoms with van der Waals surface area (Å²) in [6.45, 7) is 3.33. The smallest absolute Gasteiger partial charge is 0.139 e. The monoisotopic (exact) mass is 210 g/mol. The molecule has 2 aromatic rings.